The molecule has 1 aromatic carbocycles. The zero-order chi connectivity index (χ0) is 9.14. The lowest BCUT2D eigenvalue weighted by Gasteiger charge is -2.02. The molecule has 0 N–H and O–H groups in total. The lowest BCUT2D eigenvalue weighted by atomic mass is 10.1. The summed E-state index contributed by atoms with van der Waals surface area (Å²) in [6.45, 7) is 0. The summed E-state index contributed by atoms with van der Waals surface area (Å²) >= 11 is 11.3. The van der Waals surface area contributed by atoms with Gasteiger partial charge < -0.3 is 0 Å². The molecule has 0 amide bonds. The predicted molar refractivity (Wildman–Crippen MR) is 45.6 cm³/mol. The van der Waals surface area contributed by atoms with Crippen molar-refractivity contribution in [2.24, 2.45) is 0 Å². The van der Waals surface area contributed by atoms with Gasteiger partial charge >= 0.3 is 6.43 Å². The molecule has 0 heterocycles. The Balaban J connectivity index is 2.92. The Morgan fingerprint density at radius 3 is 2.50 bits per heavy atom. The van der Waals surface area contributed by atoms with Crippen molar-refractivity contribution in [2.45, 2.75) is 6.42 Å². The van der Waals surface area contributed by atoms with Crippen LogP contribution in [0.2, 0.25) is 10.0 Å². The van der Waals surface area contributed by atoms with Gasteiger partial charge in [0.1, 0.15) is 0 Å². The Morgan fingerprint density at radius 1 is 1.25 bits per heavy atom. The van der Waals surface area contributed by atoms with Crippen LogP contribution < -0.4 is 0 Å². The molecule has 0 spiro atoms. The first-order valence-corrected chi connectivity index (χ1v) is 3.96. The molecule has 0 fully saturated rings. The highest BCUT2D eigenvalue weighted by atomic mass is 35.5. The molecule has 0 aromatic heterocycles. The van der Waals surface area contributed by atoms with Crippen LogP contribution in [0.1, 0.15) is 5.56 Å². The van der Waals surface area contributed by atoms with E-state index < -0.39 is 12.8 Å². The van der Waals surface area contributed by atoms with Crippen LogP contribution >= 0.6 is 23.2 Å². The summed E-state index contributed by atoms with van der Waals surface area (Å²) in [5.74, 6) is 0. The number of benzene rings is 1. The third kappa shape index (κ3) is 2.32. The van der Waals surface area contributed by atoms with E-state index >= 15 is 0 Å². The molecular formula is C8H5Cl2F2. The molecule has 0 unspecified atom stereocenters. The minimum absolute atomic E-state index is 0.201. The normalized spacial score (nSPS) is 10.8. The lowest BCUT2D eigenvalue weighted by molar-refractivity contribution is 0.283. The molecule has 0 atom stereocenters. The van der Waals surface area contributed by atoms with Gasteiger partial charge in [-0.2, -0.15) is 8.78 Å². The molecular weight excluding hydrogens is 205 g/mol. The zero-order valence-corrected chi connectivity index (χ0v) is 7.46. The first-order chi connectivity index (χ1) is 5.61. The van der Waals surface area contributed by atoms with Crippen LogP contribution in [0.3, 0.4) is 0 Å². The van der Waals surface area contributed by atoms with Gasteiger partial charge in [0.15, 0.2) is 0 Å². The van der Waals surface area contributed by atoms with Crippen LogP contribution in [-0.4, -0.2) is 0 Å². The van der Waals surface area contributed by atoms with Crippen molar-refractivity contribution in [3.8, 4) is 0 Å². The van der Waals surface area contributed by atoms with Crippen LogP contribution in [0, 0.1) is 6.43 Å². The highest BCUT2D eigenvalue weighted by Gasteiger charge is 2.11. The van der Waals surface area contributed by atoms with E-state index in [1.165, 1.54) is 6.07 Å². The van der Waals surface area contributed by atoms with E-state index in [1.54, 1.807) is 12.1 Å². The van der Waals surface area contributed by atoms with Gasteiger partial charge in [0.25, 0.3) is 0 Å². The maximum Gasteiger partial charge on any atom is 0.314 e. The zero-order valence-electron chi connectivity index (χ0n) is 5.95. The van der Waals surface area contributed by atoms with Crippen molar-refractivity contribution in [2.75, 3.05) is 0 Å². The van der Waals surface area contributed by atoms with Crippen LogP contribution in [0.25, 0.3) is 0 Å². The summed E-state index contributed by atoms with van der Waals surface area (Å²) in [7, 11) is 0. The second kappa shape index (κ2) is 4.06. The van der Waals surface area contributed by atoms with Gasteiger partial charge in [-0.15, -0.1) is 0 Å². The standard InChI is InChI=1S/C8H5Cl2F2/c9-6-3-1-2-5(8(6)10)4-7(11)12/h1-3H,4H2. The van der Waals surface area contributed by atoms with Crippen LogP contribution in [-0.2, 0) is 6.42 Å². The summed E-state index contributed by atoms with van der Waals surface area (Å²) in [5.41, 5.74) is 0.351. The SMILES string of the molecule is F[C](F)Cc1cccc(Cl)c1Cl. The second-order valence-electron chi connectivity index (χ2n) is 2.23. The second-order valence-corrected chi connectivity index (χ2v) is 3.01. The Kier molecular flexibility index (Phi) is 3.29. The van der Waals surface area contributed by atoms with Crippen LogP contribution in [0.4, 0.5) is 8.78 Å². The maximum atomic E-state index is 11.8. The van der Waals surface area contributed by atoms with E-state index in [0.29, 0.717) is 10.6 Å². The van der Waals surface area contributed by atoms with Crippen LogP contribution in [0.15, 0.2) is 18.2 Å². The fraction of sp³-hybridized carbons (Fsp3) is 0.125. The molecule has 1 radical (unpaired) electrons. The predicted octanol–water partition coefficient (Wildman–Crippen LogP) is 3.96. The third-order valence-electron chi connectivity index (χ3n) is 1.36. The van der Waals surface area contributed by atoms with E-state index in [1.807, 2.05) is 0 Å². The molecule has 0 saturated carbocycles. The summed E-state index contributed by atoms with van der Waals surface area (Å²) < 4.78 is 23.7. The van der Waals surface area contributed by atoms with Crippen molar-refractivity contribution in [1.29, 1.82) is 0 Å². The van der Waals surface area contributed by atoms with Gasteiger partial charge in [-0.25, -0.2) is 0 Å². The molecule has 4 heteroatoms. The number of rotatable bonds is 2. The largest absolute Gasteiger partial charge is 0.314 e. The molecule has 0 aliphatic carbocycles. The fourth-order valence-electron chi connectivity index (χ4n) is 0.829. The highest BCUT2D eigenvalue weighted by Crippen LogP contribution is 2.28. The Morgan fingerprint density at radius 2 is 1.92 bits per heavy atom. The molecule has 0 nitrogen and oxygen atoms in total. The molecule has 12 heavy (non-hydrogen) atoms. The number of hydrogen-bond donors (Lipinski definition) is 0. The van der Waals surface area contributed by atoms with Crippen molar-refractivity contribution in [3.05, 3.63) is 40.2 Å². The average Bonchev–Trinajstić information content (AvgIpc) is 1.98. The number of halogens is 4. The molecule has 0 aliphatic heterocycles. The monoisotopic (exact) mass is 209 g/mol. The quantitative estimate of drug-likeness (QED) is 0.692. The van der Waals surface area contributed by atoms with Crippen molar-refractivity contribution in [1.82, 2.24) is 0 Å². The van der Waals surface area contributed by atoms with Gasteiger partial charge in [-0.1, -0.05) is 35.3 Å². The maximum absolute atomic E-state index is 11.8. The fourth-order valence-corrected chi connectivity index (χ4v) is 1.22. The summed E-state index contributed by atoms with van der Waals surface area (Å²) in [4.78, 5) is 0. The topological polar surface area (TPSA) is 0 Å². The van der Waals surface area contributed by atoms with E-state index in [9.17, 15) is 8.78 Å². The van der Waals surface area contributed by atoms with Crippen LogP contribution in [0.5, 0.6) is 0 Å². The smallest absolute Gasteiger partial charge is 0.200 e. The minimum atomic E-state index is -1.67. The van der Waals surface area contributed by atoms with E-state index in [2.05, 4.69) is 0 Å². The molecule has 1 rings (SSSR count). The first kappa shape index (κ1) is 9.75. The molecule has 0 aliphatic rings. The van der Waals surface area contributed by atoms with Crippen molar-refractivity contribution >= 4 is 23.2 Å². The Bertz CT molecular complexity index is 274. The van der Waals surface area contributed by atoms with Gasteiger partial charge in [-0.3, -0.25) is 0 Å². The summed E-state index contributed by atoms with van der Waals surface area (Å²) in [5, 5.41) is 0.502. The first-order valence-electron chi connectivity index (χ1n) is 3.21. The van der Waals surface area contributed by atoms with E-state index in [-0.39, 0.29) is 5.02 Å². The summed E-state index contributed by atoms with van der Waals surface area (Å²) in [6.07, 6.45) is -2.10. The van der Waals surface area contributed by atoms with Crippen molar-refractivity contribution in [3.63, 3.8) is 0 Å². The molecule has 0 bridgehead atoms. The third-order valence-corrected chi connectivity index (χ3v) is 2.21. The Labute approximate surface area is 79.1 Å². The molecule has 1 aromatic rings. The molecule has 65 valence electrons. The molecule has 0 saturated heterocycles. The Hall–Kier alpha value is -0.340. The van der Waals surface area contributed by atoms with Gasteiger partial charge in [-0.05, 0) is 11.6 Å². The lowest BCUT2D eigenvalue weighted by Crippen LogP contribution is -1.90. The highest BCUT2D eigenvalue weighted by molar-refractivity contribution is 6.42. The van der Waals surface area contributed by atoms with E-state index in [4.69, 9.17) is 23.2 Å². The summed E-state index contributed by atoms with van der Waals surface area (Å²) in [6, 6.07) is 4.67. The van der Waals surface area contributed by atoms with Gasteiger partial charge in [0, 0.05) is 6.42 Å². The number of hydrogen-bond acceptors (Lipinski definition) is 0. The van der Waals surface area contributed by atoms with E-state index in [0.717, 1.165) is 0 Å². The average molecular weight is 210 g/mol. The van der Waals surface area contributed by atoms with Gasteiger partial charge in [0.05, 0.1) is 10.0 Å². The minimum Gasteiger partial charge on any atom is -0.200 e. The van der Waals surface area contributed by atoms with Crippen molar-refractivity contribution < 1.29 is 8.78 Å². The van der Waals surface area contributed by atoms with Gasteiger partial charge in [0.2, 0.25) is 0 Å².